The molecule has 0 saturated carbocycles. The molecule has 2 aliphatic rings. The molecule has 4 nitrogen and oxygen atoms in total. The third kappa shape index (κ3) is 1.61. The molecular weight excluding hydrogens is 270 g/mol. The topological polar surface area (TPSA) is 50.1 Å². The van der Waals surface area contributed by atoms with Crippen LogP contribution in [0.4, 0.5) is 0 Å². The van der Waals surface area contributed by atoms with Crippen LogP contribution >= 0.6 is 15.9 Å². The van der Waals surface area contributed by atoms with Gasteiger partial charge in [0.05, 0.1) is 5.69 Å². The van der Waals surface area contributed by atoms with Gasteiger partial charge >= 0.3 is 0 Å². The van der Waals surface area contributed by atoms with Gasteiger partial charge < -0.3 is 15.0 Å². The zero-order valence-corrected chi connectivity index (χ0v) is 10.7. The van der Waals surface area contributed by atoms with Gasteiger partial charge in [-0.25, -0.2) is 4.98 Å². The maximum atomic E-state index is 10.1. The predicted octanol–water partition coefficient (Wildman–Crippen LogP) is 1.55. The minimum atomic E-state index is -0.377. The van der Waals surface area contributed by atoms with E-state index in [-0.39, 0.29) is 6.23 Å². The van der Waals surface area contributed by atoms with Gasteiger partial charge in [-0.3, -0.25) is 0 Å². The Morgan fingerprint density at radius 1 is 1.44 bits per heavy atom. The van der Waals surface area contributed by atoms with Crippen LogP contribution in [0.1, 0.15) is 42.9 Å². The quantitative estimate of drug-likeness (QED) is 0.823. The standard InChI is InChI=1S/C11H16BrN3O/c12-10-8-2-1-3-9(16)15(8)11(14-10)7-4-5-13-6-7/h7,9,13,16H,1-6H2. The molecule has 1 saturated heterocycles. The average molecular weight is 286 g/mol. The first kappa shape index (κ1) is 10.7. The van der Waals surface area contributed by atoms with Gasteiger partial charge in [0, 0.05) is 12.5 Å². The molecule has 3 heterocycles. The zero-order valence-electron chi connectivity index (χ0n) is 9.12. The normalized spacial score (nSPS) is 29.4. The van der Waals surface area contributed by atoms with Gasteiger partial charge in [-0.1, -0.05) is 0 Å². The molecule has 5 heteroatoms. The van der Waals surface area contributed by atoms with Crippen molar-refractivity contribution in [2.24, 2.45) is 0 Å². The van der Waals surface area contributed by atoms with E-state index in [1.807, 2.05) is 4.57 Å². The monoisotopic (exact) mass is 285 g/mol. The minimum absolute atomic E-state index is 0.377. The molecule has 0 aliphatic carbocycles. The second-order valence-electron chi connectivity index (χ2n) is 4.64. The van der Waals surface area contributed by atoms with Crippen LogP contribution in [0.2, 0.25) is 0 Å². The summed E-state index contributed by atoms with van der Waals surface area (Å²) in [6.07, 6.45) is 3.66. The number of fused-ring (bicyclic) bond motifs is 1. The lowest BCUT2D eigenvalue weighted by Gasteiger charge is -2.24. The van der Waals surface area contributed by atoms with Gasteiger partial charge in [-0.15, -0.1) is 0 Å². The first-order valence-electron chi connectivity index (χ1n) is 5.92. The van der Waals surface area contributed by atoms with Crippen LogP contribution in [0.15, 0.2) is 4.60 Å². The molecule has 2 N–H and O–H groups in total. The van der Waals surface area contributed by atoms with Crippen LogP contribution < -0.4 is 5.32 Å². The SMILES string of the molecule is OC1CCCc2c(Br)nc(C3CCNC3)n21. The van der Waals surface area contributed by atoms with Crippen molar-refractivity contribution in [1.82, 2.24) is 14.9 Å². The Balaban J connectivity index is 2.04. The van der Waals surface area contributed by atoms with Gasteiger partial charge in [0.1, 0.15) is 16.7 Å². The number of hydrogen-bond donors (Lipinski definition) is 2. The summed E-state index contributed by atoms with van der Waals surface area (Å²) in [5.41, 5.74) is 1.17. The van der Waals surface area contributed by atoms with E-state index >= 15 is 0 Å². The Kier molecular flexibility index (Phi) is 2.77. The molecule has 88 valence electrons. The second kappa shape index (κ2) is 4.13. The predicted molar refractivity (Wildman–Crippen MR) is 64.3 cm³/mol. The van der Waals surface area contributed by atoms with Crippen molar-refractivity contribution < 1.29 is 5.11 Å². The molecule has 0 aromatic carbocycles. The lowest BCUT2D eigenvalue weighted by atomic mass is 10.1. The fourth-order valence-electron chi connectivity index (χ4n) is 2.76. The van der Waals surface area contributed by atoms with Crippen molar-refractivity contribution >= 4 is 15.9 Å². The number of halogens is 1. The molecule has 16 heavy (non-hydrogen) atoms. The van der Waals surface area contributed by atoms with E-state index in [1.54, 1.807) is 0 Å². The first-order chi connectivity index (χ1) is 7.77. The fraction of sp³-hybridized carbons (Fsp3) is 0.727. The summed E-state index contributed by atoms with van der Waals surface area (Å²) in [6.45, 7) is 2.04. The van der Waals surface area contributed by atoms with Gasteiger partial charge in [0.2, 0.25) is 0 Å². The van der Waals surface area contributed by atoms with Gasteiger partial charge in [-0.05, 0) is 48.2 Å². The lowest BCUT2D eigenvalue weighted by Crippen LogP contribution is -2.21. The van der Waals surface area contributed by atoms with E-state index < -0.39 is 0 Å². The maximum Gasteiger partial charge on any atom is 0.132 e. The van der Waals surface area contributed by atoms with Gasteiger partial charge in [0.15, 0.2) is 0 Å². The number of nitrogens with one attached hydrogen (secondary N) is 1. The molecule has 1 aromatic heterocycles. The number of aromatic nitrogens is 2. The highest BCUT2D eigenvalue weighted by Gasteiger charge is 2.29. The number of imidazole rings is 1. The number of hydrogen-bond acceptors (Lipinski definition) is 3. The Bertz CT molecular complexity index is 398. The summed E-state index contributed by atoms with van der Waals surface area (Å²) in [4.78, 5) is 4.60. The van der Waals surface area contributed by atoms with Crippen LogP contribution in [0, 0.1) is 0 Å². The van der Waals surface area contributed by atoms with Crippen molar-refractivity contribution in [2.45, 2.75) is 37.8 Å². The Morgan fingerprint density at radius 3 is 3.06 bits per heavy atom. The van der Waals surface area contributed by atoms with E-state index in [0.717, 1.165) is 49.2 Å². The first-order valence-corrected chi connectivity index (χ1v) is 6.72. The summed E-state index contributed by atoms with van der Waals surface area (Å²) >= 11 is 3.51. The third-order valence-electron chi connectivity index (χ3n) is 3.59. The zero-order chi connectivity index (χ0) is 11.1. The molecule has 0 amide bonds. The van der Waals surface area contributed by atoms with Crippen molar-refractivity contribution in [2.75, 3.05) is 13.1 Å². The fourth-order valence-corrected chi connectivity index (χ4v) is 3.33. The summed E-state index contributed by atoms with van der Waals surface area (Å²) in [5.74, 6) is 1.51. The number of nitrogens with zero attached hydrogens (tertiary/aromatic N) is 2. The molecule has 1 aromatic rings. The molecule has 0 radical (unpaired) electrons. The minimum Gasteiger partial charge on any atom is -0.373 e. The molecule has 2 aliphatic heterocycles. The summed E-state index contributed by atoms with van der Waals surface area (Å²) < 4.78 is 2.97. The van der Waals surface area contributed by atoms with E-state index in [2.05, 4.69) is 26.2 Å². The number of rotatable bonds is 1. The highest BCUT2D eigenvalue weighted by molar-refractivity contribution is 9.10. The van der Waals surface area contributed by atoms with Crippen molar-refractivity contribution in [3.05, 3.63) is 16.1 Å². The number of aliphatic hydroxyl groups is 1. The van der Waals surface area contributed by atoms with Crippen molar-refractivity contribution in [3.8, 4) is 0 Å². The Morgan fingerprint density at radius 2 is 2.31 bits per heavy atom. The molecule has 2 atom stereocenters. The number of aliphatic hydroxyl groups excluding tert-OH is 1. The Hall–Kier alpha value is -0.390. The van der Waals surface area contributed by atoms with Gasteiger partial charge in [-0.2, -0.15) is 0 Å². The molecule has 2 unspecified atom stereocenters. The van der Waals surface area contributed by atoms with E-state index in [9.17, 15) is 5.11 Å². The molecule has 0 spiro atoms. The van der Waals surface area contributed by atoms with E-state index in [4.69, 9.17) is 0 Å². The van der Waals surface area contributed by atoms with Crippen LogP contribution in [0.3, 0.4) is 0 Å². The van der Waals surface area contributed by atoms with Crippen LogP contribution in [0.5, 0.6) is 0 Å². The summed E-state index contributed by atoms with van der Waals surface area (Å²) in [7, 11) is 0. The molecule has 3 rings (SSSR count). The van der Waals surface area contributed by atoms with Crippen molar-refractivity contribution in [1.29, 1.82) is 0 Å². The van der Waals surface area contributed by atoms with Gasteiger partial charge in [0.25, 0.3) is 0 Å². The Labute approximate surface area is 103 Å². The average Bonchev–Trinajstić information content (AvgIpc) is 2.87. The molecular formula is C11H16BrN3O. The van der Waals surface area contributed by atoms with Crippen LogP contribution in [0.25, 0.3) is 0 Å². The maximum absolute atomic E-state index is 10.1. The van der Waals surface area contributed by atoms with Crippen LogP contribution in [-0.2, 0) is 6.42 Å². The smallest absolute Gasteiger partial charge is 0.132 e. The lowest BCUT2D eigenvalue weighted by molar-refractivity contribution is 0.0746. The largest absolute Gasteiger partial charge is 0.373 e. The summed E-state index contributed by atoms with van der Waals surface area (Å²) in [5, 5.41) is 13.4. The molecule has 1 fully saturated rings. The second-order valence-corrected chi connectivity index (χ2v) is 5.39. The van der Waals surface area contributed by atoms with E-state index in [0.29, 0.717) is 5.92 Å². The third-order valence-corrected chi connectivity index (χ3v) is 4.22. The highest BCUT2D eigenvalue weighted by atomic mass is 79.9. The van der Waals surface area contributed by atoms with Crippen LogP contribution in [-0.4, -0.2) is 27.7 Å². The van der Waals surface area contributed by atoms with E-state index in [1.165, 1.54) is 5.69 Å². The summed E-state index contributed by atoms with van der Waals surface area (Å²) in [6, 6.07) is 0. The highest BCUT2D eigenvalue weighted by Crippen LogP contribution is 2.34. The molecule has 0 bridgehead atoms. The van der Waals surface area contributed by atoms with Crippen molar-refractivity contribution in [3.63, 3.8) is 0 Å².